The smallest absolute Gasteiger partial charge is 0.246 e. The number of unbranched alkanes of at least 4 members (excludes halogenated alkanes) is 1. The van der Waals surface area contributed by atoms with Crippen LogP contribution in [-0.4, -0.2) is 70.7 Å². The fourth-order valence-electron chi connectivity index (χ4n) is 5.87. The molecular formula is C35H43FN4O4. The number of nitrogens with one attached hydrogen (secondary N) is 2. The Morgan fingerprint density at radius 2 is 1.59 bits per heavy atom. The van der Waals surface area contributed by atoms with E-state index in [9.17, 15) is 23.6 Å². The summed E-state index contributed by atoms with van der Waals surface area (Å²) in [7, 11) is 0. The summed E-state index contributed by atoms with van der Waals surface area (Å²) in [4.78, 5) is 57.1. The number of nitrogens with zero attached hydrogens (tertiary/aromatic N) is 2. The van der Waals surface area contributed by atoms with Crippen LogP contribution in [0, 0.1) is 5.82 Å². The highest BCUT2D eigenvalue weighted by Crippen LogP contribution is 2.24. The third-order valence-electron chi connectivity index (χ3n) is 8.02. The van der Waals surface area contributed by atoms with Crippen molar-refractivity contribution in [3.8, 4) is 0 Å². The standard InChI is InChI=1S/C35H43FN4O4/c1-5-6-11-31-35(44)40(19-18-39(31)34(43)30(38-24(4)41)21-25-13-16-29(36)17-14-25)32(33(42)37-23(2)3)22-26-12-15-27-9-7-8-10-28(27)20-26/h7-10,12-17,20,23,30-32H,5-6,11,18-19,21-22H2,1-4H3,(H,37,42)(H,38,41). The van der Waals surface area contributed by atoms with Gasteiger partial charge in [-0.15, -0.1) is 0 Å². The lowest BCUT2D eigenvalue weighted by molar-refractivity contribution is -0.157. The van der Waals surface area contributed by atoms with Crippen molar-refractivity contribution in [2.45, 2.75) is 84.0 Å². The Morgan fingerprint density at radius 1 is 0.909 bits per heavy atom. The van der Waals surface area contributed by atoms with Gasteiger partial charge in [-0.25, -0.2) is 4.39 Å². The van der Waals surface area contributed by atoms with E-state index < -0.39 is 23.9 Å². The Bertz CT molecular complexity index is 1480. The number of fused-ring (bicyclic) bond motifs is 1. The monoisotopic (exact) mass is 602 g/mol. The molecule has 0 radical (unpaired) electrons. The number of amides is 4. The van der Waals surface area contributed by atoms with Crippen LogP contribution >= 0.6 is 0 Å². The summed E-state index contributed by atoms with van der Waals surface area (Å²) in [5.74, 6) is -1.64. The normalized spacial score (nSPS) is 16.6. The molecule has 3 aromatic rings. The van der Waals surface area contributed by atoms with Crippen LogP contribution in [0.2, 0.25) is 0 Å². The summed E-state index contributed by atoms with van der Waals surface area (Å²) < 4.78 is 13.5. The minimum Gasteiger partial charge on any atom is -0.352 e. The topological polar surface area (TPSA) is 98.8 Å². The van der Waals surface area contributed by atoms with Gasteiger partial charge in [-0.05, 0) is 54.3 Å². The Balaban J connectivity index is 1.62. The molecule has 234 valence electrons. The van der Waals surface area contributed by atoms with Gasteiger partial charge in [0, 0.05) is 38.9 Å². The van der Waals surface area contributed by atoms with E-state index in [0.717, 1.165) is 22.8 Å². The molecule has 0 bridgehead atoms. The van der Waals surface area contributed by atoms with E-state index in [-0.39, 0.29) is 49.2 Å². The number of piperazine rings is 1. The predicted octanol–water partition coefficient (Wildman–Crippen LogP) is 4.39. The van der Waals surface area contributed by atoms with Gasteiger partial charge < -0.3 is 20.4 Å². The van der Waals surface area contributed by atoms with Gasteiger partial charge in [0.2, 0.25) is 23.6 Å². The Morgan fingerprint density at radius 3 is 2.25 bits per heavy atom. The molecule has 3 unspecified atom stereocenters. The molecule has 3 atom stereocenters. The lowest BCUT2D eigenvalue weighted by atomic mass is 9.96. The van der Waals surface area contributed by atoms with Gasteiger partial charge in [0.05, 0.1) is 0 Å². The summed E-state index contributed by atoms with van der Waals surface area (Å²) in [6.07, 6.45) is 2.47. The number of rotatable bonds is 12. The van der Waals surface area contributed by atoms with E-state index in [4.69, 9.17) is 0 Å². The van der Waals surface area contributed by atoms with E-state index in [1.54, 1.807) is 21.9 Å². The van der Waals surface area contributed by atoms with Crippen molar-refractivity contribution in [3.63, 3.8) is 0 Å². The van der Waals surface area contributed by atoms with Gasteiger partial charge in [-0.3, -0.25) is 19.2 Å². The van der Waals surface area contributed by atoms with Gasteiger partial charge in [0.15, 0.2) is 0 Å². The molecule has 3 aromatic carbocycles. The summed E-state index contributed by atoms with van der Waals surface area (Å²) in [6.45, 7) is 7.53. The van der Waals surface area contributed by atoms with Gasteiger partial charge in [-0.2, -0.15) is 0 Å². The quantitative estimate of drug-likeness (QED) is 0.321. The van der Waals surface area contributed by atoms with Crippen molar-refractivity contribution in [2.24, 2.45) is 0 Å². The average Bonchev–Trinajstić information content (AvgIpc) is 2.99. The van der Waals surface area contributed by atoms with Crippen LogP contribution in [0.5, 0.6) is 0 Å². The first-order valence-electron chi connectivity index (χ1n) is 15.5. The number of hydrogen-bond acceptors (Lipinski definition) is 4. The predicted molar refractivity (Wildman–Crippen MR) is 169 cm³/mol. The van der Waals surface area contributed by atoms with Crippen molar-refractivity contribution < 1.29 is 23.6 Å². The van der Waals surface area contributed by atoms with Crippen LogP contribution in [0.4, 0.5) is 4.39 Å². The Hall–Kier alpha value is -4.27. The van der Waals surface area contributed by atoms with E-state index >= 15 is 0 Å². The summed E-state index contributed by atoms with van der Waals surface area (Å²) in [5.41, 5.74) is 1.63. The third kappa shape index (κ3) is 8.21. The molecule has 1 fully saturated rings. The number of benzene rings is 3. The van der Waals surface area contributed by atoms with Crippen molar-refractivity contribution in [2.75, 3.05) is 13.1 Å². The van der Waals surface area contributed by atoms with Gasteiger partial charge in [0.25, 0.3) is 0 Å². The summed E-state index contributed by atoms with van der Waals surface area (Å²) in [5, 5.41) is 7.88. The van der Waals surface area contributed by atoms with Crippen LogP contribution in [-0.2, 0) is 32.0 Å². The highest BCUT2D eigenvalue weighted by atomic mass is 19.1. The lowest BCUT2D eigenvalue weighted by Crippen LogP contribution is -2.66. The zero-order valence-electron chi connectivity index (χ0n) is 26.0. The lowest BCUT2D eigenvalue weighted by Gasteiger charge is -2.44. The highest BCUT2D eigenvalue weighted by molar-refractivity contribution is 5.95. The first-order chi connectivity index (χ1) is 21.1. The molecule has 0 spiro atoms. The zero-order valence-corrected chi connectivity index (χ0v) is 26.0. The van der Waals surface area contributed by atoms with Crippen molar-refractivity contribution in [3.05, 3.63) is 83.7 Å². The first-order valence-corrected chi connectivity index (χ1v) is 15.5. The fraction of sp³-hybridized carbons (Fsp3) is 0.429. The maximum atomic E-state index is 14.2. The van der Waals surface area contributed by atoms with Crippen molar-refractivity contribution >= 4 is 34.4 Å². The van der Waals surface area contributed by atoms with E-state index in [2.05, 4.69) is 16.7 Å². The largest absolute Gasteiger partial charge is 0.352 e. The molecule has 0 aliphatic carbocycles. The Labute approximate surface area is 259 Å². The second kappa shape index (κ2) is 14.9. The molecule has 4 amide bonds. The first kappa shape index (κ1) is 32.6. The second-order valence-electron chi connectivity index (χ2n) is 11.9. The maximum absolute atomic E-state index is 14.2. The zero-order chi connectivity index (χ0) is 31.8. The van der Waals surface area contributed by atoms with Gasteiger partial charge in [0.1, 0.15) is 23.9 Å². The number of halogens is 1. The van der Waals surface area contributed by atoms with E-state index in [1.165, 1.54) is 19.1 Å². The SMILES string of the molecule is CCCCC1C(=O)N(C(Cc2ccc3ccccc3c2)C(=O)NC(C)C)CCN1C(=O)C(Cc1ccc(F)cc1)NC(C)=O. The molecule has 0 aromatic heterocycles. The van der Waals surface area contributed by atoms with Gasteiger partial charge in [-0.1, -0.05) is 74.4 Å². The third-order valence-corrected chi connectivity index (χ3v) is 8.02. The number of carbonyl (C=O) groups excluding carboxylic acids is 4. The molecule has 0 saturated carbocycles. The van der Waals surface area contributed by atoms with E-state index in [0.29, 0.717) is 24.8 Å². The minimum atomic E-state index is -0.918. The van der Waals surface area contributed by atoms with Crippen LogP contribution in [0.3, 0.4) is 0 Å². The number of carbonyl (C=O) groups is 4. The molecule has 44 heavy (non-hydrogen) atoms. The van der Waals surface area contributed by atoms with Crippen LogP contribution in [0.25, 0.3) is 10.8 Å². The second-order valence-corrected chi connectivity index (χ2v) is 11.9. The molecule has 1 saturated heterocycles. The maximum Gasteiger partial charge on any atom is 0.246 e. The molecule has 2 N–H and O–H groups in total. The van der Waals surface area contributed by atoms with Crippen LogP contribution in [0.15, 0.2) is 66.7 Å². The summed E-state index contributed by atoms with van der Waals surface area (Å²) >= 11 is 0. The van der Waals surface area contributed by atoms with Crippen LogP contribution in [0.1, 0.15) is 58.1 Å². The summed E-state index contributed by atoms with van der Waals surface area (Å²) in [6, 6.07) is 17.3. The highest BCUT2D eigenvalue weighted by Gasteiger charge is 2.43. The van der Waals surface area contributed by atoms with E-state index in [1.807, 2.05) is 57.2 Å². The molecule has 4 rings (SSSR count). The minimum absolute atomic E-state index is 0.111. The fourth-order valence-corrected chi connectivity index (χ4v) is 5.87. The Kier molecular flexibility index (Phi) is 11.1. The van der Waals surface area contributed by atoms with Crippen LogP contribution < -0.4 is 10.6 Å². The molecule has 1 aliphatic rings. The molecule has 1 aliphatic heterocycles. The van der Waals surface area contributed by atoms with Crippen molar-refractivity contribution in [1.82, 2.24) is 20.4 Å². The molecular weight excluding hydrogens is 559 g/mol. The van der Waals surface area contributed by atoms with Crippen molar-refractivity contribution in [1.29, 1.82) is 0 Å². The number of hydrogen-bond donors (Lipinski definition) is 2. The van der Waals surface area contributed by atoms with Gasteiger partial charge >= 0.3 is 0 Å². The average molecular weight is 603 g/mol. The molecule has 9 heteroatoms. The molecule has 8 nitrogen and oxygen atoms in total. The molecule has 1 heterocycles.